The molecule has 10 heteroatoms. The number of amides is 5. The van der Waals surface area contributed by atoms with Crippen LogP contribution in [0.15, 0.2) is 18.2 Å². The molecule has 0 aliphatic carbocycles. The summed E-state index contributed by atoms with van der Waals surface area (Å²) in [5, 5.41) is 0. The van der Waals surface area contributed by atoms with Crippen LogP contribution in [0.25, 0.3) is 0 Å². The van der Waals surface area contributed by atoms with Crippen LogP contribution in [0.2, 0.25) is 0 Å². The number of benzene rings is 1. The monoisotopic (exact) mass is 472 g/mol. The third-order valence-corrected chi connectivity index (χ3v) is 5.76. The zero-order valence-electron chi connectivity index (χ0n) is 20.4. The van der Waals surface area contributed by atoms with Gasteiger partial charge in [-0.1, -0.05) is 11.6 Å². The molecule has 5 amide bonds. The summed E-state index contributed by atoms with van der Waals surface area (Å²) in [5.74, 6) is -1.38. The second-order valence-corrected chi connectivity index (χ2v) is 9.66. The van der Waals surface area contributed by atoms with E-state index in [-0.39, 0.29) is 31.3 Å². The molecular weight excluding hydrogens is 440 g/mol. The van der Waals surface area contributed by atoms with Crippen LogP contribution in [-0.4, -0.2) is 101 Å². The van der Waals surface area contributed by atoms with Crippen molar-refractivity contribution in [2.24, 2.45) is 0 Å². The van der Waals surface area contributed by atoms with Gasteiger partial charge >= 0.3 is 6.09 Å². The van der Waals surface area contributed by atoms with E-state index in [1.54, 1.807) is 48.8 Å². The van der Waals surface area contributed by atoms with Crippen LogP contribution in [0.4, 0.5) is 4.79 Å². The van der Waals surface area contributed by atoms with E-state index in [9.17, 15) is 24.0 Å². The van der Waals surface area contributed by atoms with Crippen LogP contribution in [0, 0.1) is 6.92 Å². The highest BCUT2D eigenvalue weighted by Crippen LogP contribution is 2.24. The third-order valence-electron chi connectivity index (χ3n) is 5.76. The standard InChI is InChI=1S/C24H32N4O6/c1-16-6-7-17-18(14-16)22(32)28(21(17)31)9-8-19(29)25(5)15-20(30)26-10-12-27(13-11-26)23(33)34-24(2,3)4/h6-7,14H,8-13,15H2,1-5H3. The lowest BCUT2D eigenvalue weighted by molar-refractivity contribution is -0.140. The van der Waals surface area contributed by atoms with Crippen molar-refractivity contribution >= 4 is 29.7 Å². The minimum Gasteiger partial charge on any atom is -0.444 e. The molecule has 2 aliphatic heterocycles. The second-order valence-electron chi connectivity index (χ2n) is 9.66. The summed E-state index contributed by atoms with van der Waals surface area (Å²) in [6, 6.07) is 5.07. The van der Waals surface area contributed by atoms with E-state index in [0.717, 1.165) is 10.5 Å². The van der Waals surface area contributed by atoms with Crippen LogP contribution in [0.3, 0.4) is 0 Å². The quantitative estimate of drug-likeness (QED) is 0.602. The molecule has 1 saturated heterocycles. The molecule has 2 aliphatic rings. The van der Waals surface area contributed by atoms with Crippen molar-refractivity contribution in [2.45, 2.75) is 39.7 Å². The van der Waals surface area contributed by atoms with Gasteiger partial charge < -0.3 is 19.4 Å². The van der Waals surface area contributed by atoms with Crippen LogP contribution in [-0.2, 0) is 14.3 Å². The number of carbonyl (C=O) groups is 5. The molecule has 0 spiro atoms. The summed E-state index contributed by atoms with van der Waals surface area (Å²) in [4.78, 5) is 68.0. The molecule has 34 heavy (non-hydrogen) atoms. The highest BCUT2D eigenvalue weighted by Gasteiger charge is 2.36. The van der Waals surface area contributed by atoms with Crippen molar-refractivity contribution in [3.05, 3.63) is 34.9 Å². The molecule has 184 valence electrons. The van der Waals surface area contributed by atoms with Crippen molar-refractivity contribution in [3.8, 4) is 0 Å². The minimum atomic E-state index is -0.584. The fourth-order valence-electron chi connectivity index (χ4n) is 3.86. The first-order valence-corrected chi connectivity index (χ1v) is 11.3. The number of hydrogen-bond donors (Lipinski definition) is 0. The van der Waals surface area contributed by atoms with Gasteiger partial charge in [0.2, 0.25) is 11.8 Å². The fraction of sp³-hybridized carbons (Fsp3) is 0.542. The normalized spacial score (nSPS) is 16.0. The SMILES string of the molecule is Cc1ccc2c(c1)C(=O)N(CCC(=O)N(C)CC(=O)N1CCN(C(=O)OC(C)(C)C)CC1)C2=O. The molecule has 0 saturated carbocycles. The Morgan fingerprint density at radius 3 is 2.18 bits per heavy atom. The number of aryl methyl sites for hydroxylation is 1. The Kier molecular flexibility index (Phi) is 7.28. The number of ether oxygens (including phenoxy) is 1. The van der Waals surface area contributed by atoms with Crippen LogP contribution < -0.4 is 0 Å². The summed E-state index contributed by atoms with van der Waals surface area (Å²) in [7, 11) is 1.52. The Labute approximate surface area is 199 Å². The Bertz CT molecular complexity index is 1010. The highest BCUT2D eigenvalue weighted by atomic mass is 16.6. The van der Waals surface area contributed by atoms with Gasteiger partial charge in [-0.25, -0.2) is 4.79 Å². The first-order chi connectivity index (χ1) is 15.9. The van der Waals surface area contributed by atoms with Gasteiger partial charge in [-0.2, -0.15) is 0 Å². The average molecular weight is 473 g/mol. The largest absolute Gasteiger partial charge is 0.444 e. The number of hydrogen-bond acceptors (Lipinski definition) is 6. The maximum atomic E-state index is 12.6. The molecule has 2 heterocycles. The average Bonchev–Trinajstić information content (AvgIpc) is 2.99. The van der Waals surface area contributed by atoms with Crippen molar-refractivity contribution in [2.75, 3.05) is 46.3 Å². The van der Waals surface area contributed by atoms with E-state index in [1.807, 2.05) is 6.92 Å². The number of carbonyl (C=O) groups excluding carboxylic acids is 5. The van der Waals surface area contributed by atoms with Gasteiger partial charge in [-0.05, 0) is 39.8 Å². The first-order valence-electron chi connectivity index (χ1n) is 11.3. The molecule has 0 N–H and O–H groups in total. The fourth-order valence-corrected chi connectivity index (χ4v) is 3.86. The van der Waals surface area contributed by atoms with Gasteiger partial charge in [-0.15, -0.1) is 0 Å². The van der Waals surface area contributed by atoms with Gasteiger partial charge in [0.15, 0.2) is 0 Å². The van der Waals surface area contributed by atoms with Crippen molar-refractivity contribution in [1.29, 1.82) is 0 Å². The van der Waals surface area contributed by atoms with Gasteiger partial charge in [0.25, 0.3) is 11.8 Å². The van der Waals surface area contributed by atoms with E-state index < -0.39 is 23.5 Å². The van der Waals surface area contributed by atoms with Gasteiger partial charge in [-0.3, -0.25) is 24.1 Å². The van der Waals surface area contributed by atoms with Gasteiger partial charge in [0, 0.05) is 46.2 Å². The molecule has 1 aromatic carbocycles. The van der Waals surface area contributed by atoms with Crippen LogP contribution >= 0.6 is 0 Å². The van der Waals surface area contributed by atoms with Crippen molar-refractivity contribution < 1.29 is 28.7 Å². The van der Waals surface area contributed by atoms with Gasteiger partial charge in [0.05, 0.1) is 17.7 Å². The van der Waals surface area contributed by atoms with E-state index in [0.29, 0.717) is 37.3 Å². The number of imide groups is 1. The molecule has 0 radical (unpaired) electrons. The number of nitrogens with zero attached hydrogens (tertiary/aromatic N) is 4. The Morgan fingerprint density at radius 2 is 1.56 bits per heavy atom. The number of likely N-dealkylation sites (N-methyl/N-ethyl adjacent to an activating group) is 1. The van der Waals surface area contributed by atoms with Crippen molar-refractivity contribution in [1.82, 2.24) is 19.6 Å². The lowest BCUT2D eigenvalue weighted by Gasteiger charge is -2.36. The minimum absolute atomic E-state index is 0.0443. The molecule has 10 nitrogen and oxygen atoms in total. The van der Waals surface area contributed by atoms with E-state index >= 15 is 0 Å². The smallest absolute Gasteiger partial charge is 0.410 e. The maximum Gasteiger partial charge on any atom is 0.410 e. The molecule has 0 bridgehead atoms. The molecule has 1 fully saturated rings. The molecule has 3 rings (SSSR count). The predicted octanol–water partition coefficient (Wildman–Crippen LogP) is 1.52. The third kappa shape index (κ3) is 5.73. The Hall–Kier alpha value is -3.43. The highest BCUT2D eigenvalue weighted by molar-refractivity contribution is 6.21. The van der Waals surface area contributed by atoms with E-state index in [1.165, 1.54) is 11.9 Å². The summed E-state index contributed by atoms with van der Waals surface area (Å²) in [6.07, 6.45) is -0.476. The van der Waals surface area contributed by atoms with E-state index in [4.69, 9.17) is 4.74 Å². The predicted molar refractivity (Wildman–Crippen MR) is 123 cm³/mol. The molecule has 0 unspecified atom stereocenters. The molecule has 1 aromatic rings. The zero-order chi connectivity index (χ0) is 25.2. The van der Waals surface area contributed by atoms with Gasteiger partial charge in [0.1, 0.15) is 5.60 Å². The van der Waals surface area contributed by atoms with Crippen LogP contribution in [0.5, 0.6) is 0 Å². The number of piperazine rings is 1. The van der Waals surface area contributed by atoms with E-state index in [2.05, 4.69) is 0 Å². The number of fused-ring (bicyclic) bond motifs is 1. The van der Waals surface area contributed by atoms with Crippen molar-refractivity contribution in [3.63, 3.8) is 0 Å². The lowest BCUT2D eigenvalue weighted by atomic mass is 10.1. The Morgan fingerprint density at radius 1 is 0.971 bits per heavy atom. The molecule has 0 atom stereocenters. The number of rotatable bonds is 5. The summed E-state index contributed by atoms with van der Waals surface area (Å²) in [6.45, 7) is 8.50. The zero-order valence-corrected chi connectivity index (χ0v) is 20.4. The lowest BCUT2D eigenvalue weighted by Crippen LogP contribution is -2.53. The summed E-state index contributed by atoms with van der Waals surface area (Å²) >= 11 is 0. The molecule has 0 aromatic heterocycles. The summed E-state index contributed by atoms with van der Waals surface area (Å²) in [5.41, 5.74) is 0.991. The second kappa shape index (κ2) is 9.82. The summed E-state index contributed by atoms with van der Waals surface area (Å²) < 4.78 is 5.36. The molecular formula is C24H32N4O6. The Balaban J connectivity index is 1.45. The van der Waals surface area contributed by atoms with Crippen LogP contribution in [0.1, 0.15) is 53.5 Å². The first kappa shape index (κ1) is 25.2. The maximum absolute atomic E-state index is 12.6. The topological polar surface area (TPSA) is 108 Å².